The van der Waals surface area contributed by atoms with Crippen molar-refractivity contribution >= 4 is 6.09 Å². The number of halogens is 1. The van der Waals surface area contributed by atoms with E-state index in [1.54, 1.807) is 12.1 Å². The van der Waals surface area contributed by atoms with Crippen molar-refractivity contribution in [3.63, 3.8) is 0 Å². The Labute approximate surface area is 163 Å². The van der Waals surface area contributed by atoms with Gasteiger partial charge >= 0.3 is 6.09 Å². The van der Waals surface area contributed by atoms with Crippen LogP contribution in [0.25, 0.3) is 11.1 Å². The molecule has 0 unspecified atom stereocenters. The summed E-state index contributed by atoms with van der Waals surface area (Å²) in [7, 11) is 0. The summed E-state index contributed by atoms with van der Waals surface area (Å²) < 4.78 is 18.5. The minimum absolute atomic E-state index is 0.0246. The van der Waals surface area contributed by atoms with E-state index >= 15 is 0 Å². The zero-order valence-corrected chi connectivity index (χ0v) is 15.1. The van der Waals surface area contributed by atoms with Crippen molar-refractivity contribution in [2.45, 2.75) is 5.92 Å². The third-order valence-corrected chi connectivity index (χ3v) is 4.72. The van der Waals surface area contributed by atoms with Crippen molar-refractivity contribution in [1.29, 1.82) is 0 Å². The van der Waals surface area contributed by atoms with Crippen molar-refractivity contribution in [1.82, 2.24) is 5.32 Å². The van der Waals surface area contributed by atoms with Gasteiger partial charge < -0.3 is 10.1 Å². The monoisotopic (exact) mass is 371 g/mol. The van der Waals surface area contributed by atoms with Crippen molar-refractivity contribution in [3.8, 4) is 23.0 Å². The first-order valence-corrected chi connectivity index (χ1v) is 9.05. The standard InChI is InChI=1S/C24H18FNO2/c25-18-9-5-7-17(15-18)8-6-14-26-24(27)28-16-23-21-12-3-1-10-19(21)20-11-2-4-13-22(20)23/h1-5,7,9-13,15,23H,14,16H2,(H,26,27). The summed E-state index contributed by atoms with van der Waals surface area (Å²) in [6.07, 6.45) is -0.518. The number of carbonyl (C=O) groups is 1. The number of hydrogen-bond donors (Lipinski definition) is 1. The van der Waals surface area contributed by atoms with Gasteiger partial charge in [-0.25, -0.2) is 9.18 Å². The van der Waals surface area contributed by atoms with Crippen LogP contribution >= 0.6 is 0 Å². The van der Waals surface area contributed by atoms with Gasteiger partial charge in [0.2, 0.25) is 0 Å². The maximum absolute atomic E-state index is 13.1. The molecule has 3 aromatic rings. The van der Waals surface area contributed by atoms with E-state index in [0.29, 0.717) is 5.56 Å². The number of hydrogen-bond acceptors (Lipinski definition) is 2. The molecule has 1 amide bonds. The minimum Gasteiger partial charge on any atom is -0.449 e. The first kappa shape index (κ1) is 17.8. The van der Waals surface area contributed by atoms with E-state index in [4.69, 9.17) is 4.74 Å². The van der Waals surface area contributed by atoms with Crippen LogP contribution in [-0.4, -0.2) is 19.2 Å². The first-order valence-electron chi connectivity index (χ1n) is 9.05. The highest BCUT2D eigenvalue weighted by atomic mass is 19.1. The molecule has 28 heavy (non-hydrogen) atoms. The van der Waals surface area contributed by atoms with Gasteiger partial charge in [0, 0.05) is 11.5 Å². The molecule has 0 fully saturated rings. The first-order chi connectivity index (χ1) is 13.7. The molecule has 0 aliphatic heterocycles. The molecule has 1 N–H and O–H groups in total. The molecule has 0 radical (unpaired) electrons. The molecule has 4 rings (SSSR count). The lowest BCUT2D eigenvalue weighted by molar-refractivity contribution is 0.144. The molecule has 0 heterocycles. The maximum Gasteiger partial charge on any atom is 0.407 e. The molecule has 0 spiro atoms. The molecular formula is C24H18FNO2. The van der Waals surface area contributed by atoms with Gasteiger partial charge in [-0.05, 0) is 40.5 Å². The number of rotatable bonds is 3. The van der Waals surface area contributed by atoms with E-state index in [2.05, 4.69) is 41.4 Å². The molecule has 0 saturated heterocycles. The fraction of sp³-hybridized carbons (Fsp3) is 0.125. The molecular weight excluding hydrogens is 353 g/mol. The zero-order valence-electron chi connectivity index (χ0n) is 15.1. The normalized spacial score (nSPS) is 11.8. The number of alkyl carbamates (subject to hydrolysis) is 1. The molecule has 3 aromatic carbocycles. The SMILES string of the molecule is O=C(NCC#Cc1cccc(F)c1)OCC1c2ccccc2-c2ccccc21. The second-order valence-electron chi connectivity index (χ2n) is 6.49. The van der Waals surface area contributed by atoms with E-state index in [0.717, 1.165) is 0 Å². The molecule has 1 aliphatic rings. The van der Waals surface area contributed by atoms with E-state index in [1.165, 1.54) is 34.4 Å². The second kappa shape index (κ2) is 7.98. The van der Waals surface area contributed by atoms with Gasteiger partial charge in [-0.15, -0.1) is 0 Å². The third-order valence-electron chi connectivity index (χ3n) is 4.72. The zero-order chi connectivity index (χ0) is 19.3. The van der Waals surface area contributed by atoms with Crippen molar-refractivity contribution in [3.05, 3.63) is 95.3 Å². The second-order valence-corrected chi connectivity index (χ2v) is 6.49. The van der Waals surface area contributed by atoms with E-state index in [1.807, 2.05) is 24.3 Å². The Morgan fingerprint density at radius 3 is 2.32 bits per heavy atom. The lowest BCUT2D eigenvalue weighted by Gasteiger charge is -2.14. The predicted octanol–water partition coefficient (Wildman–Crippen LogP) is 4.72. The van der Waals surface area contributed by atoms with Gasteiger partial charge in [-0.3, -0.25) is 0 Å². The van der Waals surface area contributed by atoms with Crippen LogP contribution in [0.15, 0.2) is 72.8 Å². The van der Waals surface area contributed by atoms with E-state index < -0.39 is 6.09 Å². The minimum atomic E-state index is -0.518. The largest absolute Gasteiger partial charge is 0.449 e. The number of benzene rings is 3. The number of nitrogens with one attached hydrogen (secondary N) is 1. The van der Waals surface area contributed by atoms with Gasteiger partial charge in [-0.2, -0.15) is 0 Å². The Bertz CT molecular complexity index is 1040. The van der Waals surface area contributed by atoms with E-state index in [-0.39, 0.29) is 24.9 Å². The summed E-state index contributed by atoms with van der Waals surface area (Å²) in [5.41, 5.74) is 5.28. The van der Waals surface area contributed by atoms with Gasteiger partial charge in [0.15, 0.2) is 0 Å². The molecule has 3 nitrogen and oxygen atoms in total. The maximum atomic E-state index is 13.1. The average Bonchev–Trinajstić information content (AvgIpc) is 3.04. The number of amides is 1. The Hall–Kier alpha value is -3.58. The Balaban J connectivity index is 1.35. The third kappa shape index (κ3) is 3.74. The Morgan fingerprint density at radius 2 is 1.64 bits per heavy atom. The van der Waals surface area contributed by atoms with Gasteiger partial charge in [-0.1, -0.05) is 66.4 Å². The van der Waals surface area contributed by atoms with Gasteiger partial charge in [0.1, 0.15) is 12.4 Å². The van der Waals surface area contributed by atoms with Gasteiger partial charge in [0.25, 0.3) is 0 Å². The Morgan fingerprint density at radius 1 is 0.964 bits per heavy atom. The summed E-state index contributed by atoms with van der Waals surface area (Å²) in [4.78, 5) is 12.0. The average molecular weight is 371 g/mol. The van der Waals surface area contributed by atoms with Crippen LogP contribution in [0.2, 0.25) is 0 Å². The molecule has 0 bridgehead atoms. The lowest BCUT2D eigenvalue weighted by atomic mass is 9.98. The molecule has 0 atom stereocenters. The lowest BCUT2D eigenvalue weighted by Crippen LogP contribution is -2.26. The van der Waals surface area contributed by atoms with Crippen LogP contribution in [0, 0.1) is 17.7 Å². The van der Waals surface area contributed by atoms with Crippen LogP contribution in [-0.2, 0) is 4.74 Å². The summed E-state index contributed by atoms with van der Waals surface area (Å²) in [5, 5.41) is 2.61. The highest BCUT2D eigenvalue weighted by molar-refractivity contribution is 5.79. The molecule has 0 aromatic heterocycles. The molecule has 4 heteroatoms. The summed E-state index contributed by atoms with van der Waals surface area (Å²) in [6, 6.07) is 22.4. The Kier molecular flexibility index (Phi) is 5.07. The fourth-order valence-electron chi connectivity index (χ4n) is 3.48. The number of carbonyl (C=O) groups excluding carboxylic acids is 1. The highest BCUT2D eigenvalue weighted by Crippen LogP contribution is 2.44. The summed E-state index contributed by atoms with van der Waals surface area (Å²) in [5.74, 6) is 5.28. The summed E-state index contributed by atoms with van der Waals surface area (Å²) in [6.45, 7) is 0.393. The van der Waals surface area contributed by atoms with Crippen LogP contribution in [0.3, 0.4) is 0 Å². The predicted molar refractivity (Wildman–Crippen MR) is 106 cm³/mol. The molecule has 0 saturated carbocycles. The summed E-state index contributed by atoms with van der Waals surface area (Å²) >= 11 is 0. The van der Waals surface area contributed by atoms with Crippen molar-refractivity contribution in [2.75, 3.05) is 13.2 Å². The molecule has 138 valence electrons. The van der Waals surface area contributed by atoms with Crippen LogP contribution < -0.4 is 5.32 Å². The molecule has 1 aliphatic carbocycles. The quantitative estimate of drug-likeness (QED) is 0.677. The highest BCUT2D eigenvalue weighted by Gasteiger charge is 2.28. The van der Waals surface area contributed by atoms with Crippen molar-refractivity contribution in [2.24, 2.45) is 0 Å². The van der Waals surface area contributed by atoms with Crippen LogP contribution in [0.4, 0.5) is 9.18 Å². The van der Waals surface area contributed by atoms with Crippen molar-refractivity contribution < 1.29 is 13.9 Å². The van der Waals surface area contributed by atoms with E-state index in [9.17, 15) is 9.18 Å². The van der Waals surface area contributed by atoms with Crippen LogP contribution in [0.5, 0.6) is 0 Å². The van der Waals surface area contributed by atoms with Gasteiger partial charge in [0.05, 0.1) is 6.54 Å². The number of ether oxygens (including phenoxy) is 1. The van der Waals surface area contributed by atoms with Crippen LogP contribution in [0.1, 0.15) is 22.6 Å². The topological polar surface area (TPSA) is 38.3 Å². The fourth-order valence-corrected chi connectivity index (χ4v) is 3.48. The smallest absolute Gasteiger partial charge is 0.407 e. The number of fused-ring (bicyclic) bond motifs is 3.